The van der Waals surface area contributed by atoms with Gasteiger partial charge in [0.1, 0.15) is 0 Å². The third kappa shape index (κ3) is 5.19. The summed E-state index contributed by atoms with van der Waals surface area (Å²) in [6, 6.07) is 0.674. The second-order valence-electron chi connectivity index (χ2n) is 9.28. The molecule has 3 aliphatic rings. The van der Waals surface area contributed by atoms with Gasteiger partial charge in [-0.1, -0.05) is 13.3 Å². The molecular formula is C22H44N6. The third-order valence-corrected chi connectivity index (χ3v) is 7.48. The number of piperidine rings is 2. The Bertz CT molecular complexity index is 493. The Labute approximate surface area is 173 Å². The fourth-order valence-corrected chi connectivity index (χ4v) is 5.56. The molecule has 28 heavy (non-hydrogen) atoms. The Hall–Kier alpha value is -0.850. The minimum Gasteiger partial charge on any atom is -0.354 e. The maximum Gasteiger partial charge on any atom is 0.193 e. The van der Waals surface area contributed by atoms with Gasteiger partial charge in [0.15, 0.2) is 5.96 Å². The molecule has 0 aromatic carbocycles. The van der Waals surface area contributed by atoms with Crippen LogP contribution in [0.15, 0.2) is 4.99 Å². The highest BCUT2D eigenvalue weighted by molar-refractivity contribution is 5.79. The summed E-state index contributed by atoms with van der Waals surface area (Å²) in [7, 11) is 6.42. The number of aliphatic imine (C=N–C) groups is 1. The Balaban J connectivity index is 1.60. The molecule has 0 spiro atoms. The molecule has 0 aromatic rings. The van der Waals surface area contributed by atoms with Crippen LogP contribution in [0.1, 0.15) is 51.9 Å². The zero-order valence-corrected chi connectivity index (χ0v) is 18.9. The van der Waals surface area contributed by atoms with Crippen molar-refractivity contribution in [2.75, 3.05) is 73.5 Å². The number of hydrogen-bond acceptors (Lipinski definition) is 4. The Morgan fingerprint density at radius 3 is 2.43 bits per heavy atom. The first kappa shape index (κ1) is 21.8. The molecule has 3 saturated heterocycles. The summed E-state index contributed by atoms with van der Waals surface area (Å²) in [6.45, 7) is 11.8. The molecule has 1 atom stereocenters. The van der Waals surface area contributed by atoms with Crippen LogP contribution in [0.2, 0.25) is 0 Å². The molecule has 6 nitrogen and oxygen atoms in total. The van der Waals surface area contributed by atoms with Gasteiger partial charge in [0.2, 0.25) is 0 Å². The van der Waals surface area contributed by atoms with E-state index in [1.807, 2.05) is 7.05 Å². The van der Waals surface area contributed by atoms with Crippen LogP contribution in [0.4, 0.5) is 0 Å². The number of nitrogens with zero attached hydrogens (tertiary/aromatic N) is 5. The van der Waals surface area contributed by atoms with Gasteiger partial charge in [0.25, 0.3) is 0 Å². The van der Waals surface area contributed by atoms with E-state index >= 15 is 0 Å². The Morgan fingerprint density at radius 2 is 1.79 bits per heavy atom. The van der Waals surface area contributed by atoms with Crippen molar-refractivity contribution in [3.8, 4) is 0 Å². The van der Waals surface area contributed by atoms with Gasteiger partial charge in [0.05, 0.1) is 0 Å². The van der Waals surface area contributed by atoms with Crippen LogP contribution >= 0.6 is 0 Å². The van der Waals surface area contributed by atoms with Crippen LogP contribution in [0.25, 0.3) is 0 Å². The number of nitrogens with one attached hydrogen (secondary N) is 1. The van der Waals surface area contributed by atoms with Crippen LogP contribution in [0, 0.1) is 0 Å². The average Bonchev–Trinajstić information content (AvgIpc) is 3.18. The molecular weight excluding hydrogens is 348 g/mol. The predicted molar refractivity (Wildman–Crippen MR) is 119 cm³/mol. The van der Waals surface area contributed by atoms with Gasteiger partial charge in [-0.05, 0) is 84.8 Å². The van der Waals surface area contributed by atoms with Crippen molar-refractivity contribution in [2.45, 2.75) is 63.5 Å². The molecule has 0 saturated carbocycles. The lowest BCUT2D eigenvalue weighted by Gasteiger charge is -2.50. The van der Waals surface area contributed by atoms with Crippen molar-refractivity contribution in [1.29, 1.82) is 0 Å². The maximum atomic E-state index is 4.64. The van der Waals surface area contributed by atoms with Crippen LogP contribution < -0.4 is 5.32 Å². The SMILES string of the molecule is CCN1CCCC1CN(C)C(=NC)NCC1(N2CCCCC2)CCN(C)CC1. The van der Waals surface area contributed by atoms with E-state index < -0.39 is 0 Å². The number of rotatable bonds is 6. The van der Waals surface area contributed by atoms with E-state index in [0.29, 0.717) is 11.6 Å². The highest BCUT2D eigenvalue weighted by atomic mass is 15.3. The van der Waals surface area contributed by atoms with E-state index in [-0.39, 0.29) is 0 Å². The van der Waals surface area contributed by atoms with Gasteiger partial charge < -0.3 is 15.1 Å². The van der Waals surface area contributed by atoms with Crippen LogP contribution in [-0.4, -0.2) is 111 Å². The molecule has 3 aliphatic heterocycles. The zero-order chi connectivity index (χ0) is 20.0. The largest absolute Gasteiger partial charge is 0.354 e. The molecule has 1 N–H and O–H groups in total. The molecule has 0 radical (unpaired) electrons. The number of hydrogen-bond donors (Lipinski definition) is 1. The quantitative estimate of drug-likeness (QED) is 0.552. The van der Waals surface area contributed by atoms with Crippen molar-refractivity contribution in [2.24, 2.45) is 4.99 Å². The maximum absolute atomic E-state index is 4.64. The predicted octanol–water partition coefficient (Wildman–Crippen LogP) is 1.93. The molecule has 3 rings (SSSR count). The van der Waals surface area contributed by atoms with Gasteiger partial charge in [-0.15, -0.1) is 0 Å². The second-order valence-corrected chi connectivity index (χ2v) is 9.28. The van der Waals surface area contributed by atoms with E-state index in [4.69, 9.17) is 0 Å². The zero-order valence-electron chi connectivity index (χ0n) is 18.9. The fraction of sp³-hybridized carbons (Fsp3) is 0.955. The summed E-state index contributed by atoms with van der Waals surface area (Å²) in [6.07, 6.45) is 9.32. The van der Waals surface area contributed by atoms with Crippen molar-refractivity contribution in [3.05, 3.63) is 0 Å². The standard InChI is InChI=1S/C22H44N6/c1-5-27-13-9-10-20(27)18-26(4)21(23-2)24-19-22(11-16-25(3)17-12-22)28-14-7-6-8-15-28/h20H,5-19H2,1-4H3,(H,23,24). The molecule has 1 unspecified atom stereocenters. The van der Waals surface area contributed by atoms with Crippen molar-refractivity contribution in [3.63, 3.8) is 0 Å². The Morgan fingerprint density at radius 1 is 1.07 bits per heavy atom. The number of likely N-dealkylation sites (tertiary alicyclic amines) is 3. The van der Waals surface area contributed by atoms with E-state index in [1.165, 1.54) is 77.7 Å². The summed E-state index contributed by atoms with van der Waals surface area (Å²) < 4.78 is 0. The fourth-order valence-electron chi connectivity index (χ4n) is 5.56. The molecule has 0 bridgehead atoms. The van der Waals surface area contributed by atoms with E-state index in [0.717, 1.165) is 25.6 Å². The van der Waals surface area contributed by atoms with Gasteiger partial charge in [-0.25, -0.2) is 0 Å². The Kier molecular flexibility index (Phi) is 8.01. The summed E-state index contributed by atoms with van der Waals surface area (Å²) in [5.41, 5.74) is 0.298. The number of likely N-dealkylation sites (N-methyl/N-ethyl adjacent to an activating group) is 2. The average molecular weight is 393 g/mol. The molecule has 3 heterocycles. The molecule has 0 amide bonds. The molecule has 0 aromatic heterocycles. The minimum absolute atomic E-state index is 0.298. The van der Waals surface area contributed by atoms with E-state index in [2.05, 4.69) is 50.9 Å². The monoisotopic (exact) mass is 392 g/mol. The van der Waals surface area contributed by atoms with Gasteiger partial charge in [-0.2, -0.15) is 0 Å². The topological polar surface area (TPSA) is 37.4 Å². The van der Waals surface area contributed by atoms with Crippen molar-refractivity contribution < 1.29 is 0 Å². The summed E-state index contributed by atoms with van der Waals surface area (Å²) in [5, 5.41) is 3.80. The van der Waals surface area contributed by atoms with Crippen molar-refractivity contribution in [1.82, 2.24) is 24.9 Å². The van der Waals surface area contributed by atoms with Crippen LogP contribution in [0.5, 0.6) is 0 Å². The lowest BCUT2D eigenvalue weighted by molar-refractivity contribution is 0.0169. The summed E-state index contributed by atoms with van der Waals surface area (Å²) in [4.78, 5) is 14.9. The van der Waals surface area contributed by atoms with Gasteiger partial charge >= 0.3 is 0 Å². The normalized spacial score (nSPS) is 27.9. The third-order valence-electron chi connectivity index (χ3n) is 7.48. The van der Waals surface area contributed by atoms with E-state index in [1.54, 1.807) is 0 Å². The highest BCUT2D eigenvalue weighted by Crippen LogP contribution is 2.31. The summed E-state index contributed by atoms with van der Waals surface area (Å²) >= 11 is 0. The lowest BCUT2D eigenvalue weighted by Crippen LogP contribution is -2.62. The number of guanidine groups is 1. The smallest absolute Gasteiger partial charge is 0.193 e. The molecule has 162 valence electrons. The molecule has 0 aliphatic carbocycles. The molecule has 3 fully saturated rings. The first-order valence-corrected chi connectivity index (χ1v) is 11.7. The summed E-state index contributed by atoms with van der Waals surface area (Å²) in [5.74, 6) is 1.07. The molecule has 6 heteroatoms. The first-order chi connectivity index (χ1) is 13.6. The lowest BCUT2D eigenvalue weighted by atomic mass is 9.84. The second kappa shape index (κ2) is 10.3. The van der Waals surface area contributed by atoms with Gasteiger partial charge in [0, 0.05) is 38.8 Å². The van der Waals surface area contributed by atoms with Gasteiger partial charge in [-0.3, -0.25) is 14.8 Å². The van der Waals surface area contributed by atoms with Crippen LogP contribution in [-0.2, 0) is 0 Å². The highest BCUT2D eigenvalue weighted by Gasteiger charge is 2.39. The van der Waals surface area contributed by atoms with E-state index in [9.17, 15) is 0 Å². The first-order valence-electron chi connectivity index (χ1n) is 11.7. The van der Waals surface area contributed by atoms with Crippen LogP contribution in [0.3, 0.4) is 0 Å². The van der Waals surface area contributed by atoms with Crippen molar-refractivity contribution >= 4 is 5.96 Å². The minimum atomic E-state index is 0.298.